The van der Waals surface area contributed by atoms with Crippen LogP contribution in [-0.4, -0.2) is 51.9 Å². The third-order valence-corrected chi connectivity index (χ3v) is 5.99. The molecule has 2 aliphatic heterocycles. The number of carbonyl (C=O) groups is 1. The van der Waals surface area contributed by atoms with E-state index in [9.17, 15) is 4.79 Å². The summed E-state index contributed by atoms with van der Waals surface area (Å²) in [5.74, 6) is 1.66. The summed E-state index contributed by atoms with van der Waals surface area (Å²) in [6.07, 6.45) is 3.43. The van der Waals surface area contributed by atoms with Gasteiger partial charge in [-0.25, -0.2) is 9.78 Å². The topological polar surface area (TPSA) is 86.4 Å². The Balaban J connectivity index is 1.29. The van der Waals surface area contributed by atoms with Crippen LogP contribution >= 0.6 is 0 Å². The number of piperazine rings is 1. The number of hydrogen-bond acceptors (Lipinski definition) is 6. The van der Waals surface area contributed by atoms with Crippen LogP contribution in [0.5, 0.6) is 5.75 Å². The lowest BCUT2D eigenvalue weighted by Crippen LogP contribution is -2.51. The van der Waals surface area contributed by atoms with E-state index < -0.39 is 6.09 Å². The third kappa shape index (κ3) is 3.98. The van der Waals surface area contributed by atoms with Crippen LogP contribution in [0.2, 0.25) is 0 Å². The lowest BCUT2D eigenvalue weighted by molar-refractivity contribution is 0.194. The van der Waals surface area contributed by atoms with E-state index in [1.165, 1.54) is 5.56 Å². The molecule has 1 aromatic carbocycles. The number of benzene rings is 1. The summed E-state index contributed by atoms with van der Waals surface area (Å²) >= 11 is 0. The third-order valence-electron chi connectivity index (χ3n) is 5.99. The van der Waals surface area contributed by atoms with Gasteiger partial charge in [0.25, 0.3) is 0 Å². The Hall–Kier alpha value is -3.39. The highest BCUT2D eigenvalue weighted by Gasteiger charge is 2.26. The molecule has 4 heterocycles. The molecular formula is C23H26N6O2. The van der Waals surface area contributed by atoms with Gasteiger partial charge in [0.05, 0.1) is 11.9 Å². The maximum absolute atomic E-state index is 11.4. The Morgan fingerprint density at radius 3 is 2.90 bits per heavy atom. The normalized spacial score (nSPS) is 19.0. The average molecular weight is 419 g/mol. The lowest BCUT2D eigenvalue weighted by Gasteiger charge is -2.40. The number of amides is 1. The number of rotatable bonds is 4. The van der Waals surface area contributed by atoms with Crippen molar-refractivity contribution < 1.29 is 9.53 Å². The highest BCUT2D eigenvalue weighted by Crippen LogP contribution is 2.30. The van der Waals surface area contributed by atoms with Crippen molar-refractivity contribution in [3.8, 4) is 17.0 Å². The largest absolute Gasteiger partial charge is 0.412 e. The number of aromatic amines is 1. The molecule has 5 rings (SSSR count). The Morgan fingerprint density at radius 2 is 2.10 bits per heavy atom. The van der Waals surface area contributed by atoms with Crippen molar-refractivity contribution in [2.45, 2.75) is 33.0 Å². The Kier molecular flexibility index (Phi) is 5.07. The van der Waals surface area contributed by atoms with Crippen LogP contribution in [0.25, 0.3) is 11.3 Å². The fourth-order valence-electron chi connectivity index (χ4n) is 4.34. The molecule has 0 saturated carbocycles. The number of anilines is 1. The predicted molar refractivity (Wildman–Crippen MR) is 118 cm³/mol. The second-order valence-corrected chi connectivity index (χ2v) is 8.31. The van der Waals surface area contributed by atoms with E-state index in [-0.39, 0.29) is 0 Å². The van der Waals surface area contributed by atoms with Crippen LogP contribution in [0.15, 0.2) is 42.7 Å². The van der Waals surface area contributed by atoms with E-state index in [0.29, 0.717) is 18.3 Å². The fraction of sp³-hybridized carbons (Fsp3) is 0.348. The van der Waals surface area contributed by atoms with Crippen LogP contribution in [0, 0.1) is 6.92 Å². The quantitative estimate of drug-likeness (QED) is 0.677. The Bertz CT molecular complexity index is 1090. The van der Waals surface area contributed by atoms with Gasteiger partial charge < -0.3 is 15.0 Å². The number of nitrogens with zero attached hydrogens (tertiary/aromatic N) is 4. The molecule has 160 valence electrons. The van der Waals surface area contributed by atoms with Crippen molar-refractivity contribution in [2.75, 3.05) is 24.5 Å². The first-order chi connectivity index (χ1) is 15.1. The molecule has 8 nitrogen and oxygen atoms in total. The van der Waals surface area contributed by atoms with E-state index in [4.69, 9.17) is 4.74 Å². The summed E-state index contributed by atoms with van der Waals surface area (Å²) in [5.41, 5.74) is 5.36. The summed E-state index contributed by atoms with van der Waals surface area (Å²) in [5, 5.41) is 10.2. The SMILES string of the molecule is Cc1ccc(N2CCN(Cc3cn[nH]c3-c3ccc4c(c3)CNC(=O)O4)C[C@H]2C)nc1. The maximum Gasteiger partial charge on any atom is 0.412 e. The molecular weight excluding hydrogens is 392 g/mol. The number of fused-ring (bicyclic) bond motifs is 1. The summed E-state index contributed by atoms with van der Waals surface area (Å²) < 4.78 is 5.23. The minimum absolute atomic E-state index is 0.379. The van der Waals surface area contributed by atoms with E-state index >= 15 is 0 Å². The lowest BCUT2D eigenvalue weighted by atomic mass is 10.0. The van der Waals surface area contributed by atoms with Crippen molar-refractivity contribution >= 4 is 11.9 Å². The van der Waals surface area contributed by atoms with Crippen LogP contribution in [0.3, 0.4) is 0 Å². The predicted octanol–water partition coefficient (Wildman–Crippen LogP) is 3.09. The van der Waals surface area contributed by atoms with Crippen molar-refractivity contribution in [3.05, 3.63) is 59.4 Å². The number of aromatic nitrogens is 3. The molecule has 1 amide bonds. The monoisotopic (exact) mass is 418 g/mol. The zero-order valence-corrected chi connectivity index (χ0v) is 17.8. The molecule has 2 aromatic heterocycles. The number of aryl methyl sites for hydroxylation is 1. The minimum atomic E-state index is -0.406. The number of nitrogens with one attached hydrogen (secondary N) is 2. The highest BCUT2D eigenvalue weighted by molar-refractivity contribution is 5.74. The van der Waals surface area contributed by atoms with Crippen molar-refractivity contribution in [2.24, 2.45) is 0 Å². The molecule has 0 bridgehead atoms. The van der Waals surface area contributed by atoms with E-state index in [1.54, 1.807) is 0 Å². The molecule has 31 heavy (non-hydrogen) atoms. The van der Waals surface area contributed by atoms with Gasteiger partial charge in [0.15, 0.2) is 0 Å². The molecule has 0 radical (unpaired) electrons. The highest BCUT2D eigenvalue weighted by atomic mass is 16.6. The molecule has 0 spiro atoms. The molecule has 1 atom stereocenters. The number of H-pyrrole nitrogens is 1. The van der Waals surface area contributed by atoms with Crippen LogP contribution < -0.4 is 15.0 Å². The van der Waals surface area contributed by atoms with Gasteiger partial charge in [0, 0.05) is 61.7 Å². The standard InChI is InChI=1S/C23H26N6O2/c1-15-3-6-21(24-10-15)29-8-7-28(13-16(29)2)14-19-12-26-27-22(19)17-4-5-20-18(9-17)11-25-23(30)31-20/h3-6,9-10,12,16H,7-8,11,13-14H2,1-2H3,(H,25,30)(H,26,27)/t16-/m1/s1. The number of hydrogen-bond donors (Lipinski definition) is 2. The molecule has 8 heteroatoms. The second-order valence-electron chi connectivity index (χ2n) is 8.31. The van der Waals surface area contributed by atoms with Gasteiger partial charge in [0.2, 0.25) is 0 Å². The summed E-state index contributed by atoms with van der Waals surface area (Å²) in [6.45, 7) is 8.49. The van der Waals surface area contributed by atoms with E-state index in [1.807, 2.05) is 24.5 Å². The van der Waals surface area contributed by atoms with E-state index in [0.717, 1.165) is 54.4 Å². The molecule has 0 unspecified atom stereocenters. The zero-order chi connectivity index (χ0) is 21.4. The number of ether oxygens (including phenoxy) is 1. The smallest absolute Gasteiger partial charge is 0.410 e. The van der Waals surface area contributed by atoms with Crippen molar-refractivity contribution in [1.82, 2.24) is 25.4 Å². The number of pyridine rings is 1. The second kappa shape index (κ2) is 8.03. The van der Waals surface area contributed by atoms with Crippen LogP contribution in [0.4, 0.5) is 10.6 Å². The molecule has 1 fully saturated rings. The average Bonchev–Trinajstić information content (AvgIpc) is 3.22. The van der Waals surface area contributed by atoms with Crippen molar-refractivity contribution in [1.29, 1.82) is 0 Å². The molecule has 1 saturated heterocycles. The zero-order valence-electron chi connectivity index (χ0n) is 17.8. The minimum Gasteiger partial charge on any atom is -0.410 e. The van der Waals surface area contributed by atoms with Gasteiger partial charge in [-0.1, -0.05) is 6.07 Å². The Morgan fingerprint density at radius 1 is 1.19 bits per heavy atom. The van der Waals surface area contributed by atoms with Crippen LogP contribution in [0.1, 0.15) is 23.6 Å². The first kappa shape index (κ1) is 19.6. The first-order valence-corrected chi connectivity index (χ1v) is 10.6. The molecule has 0 aliphatic carbocycles. The maximum atomic E-state index is 11.4. The van der Waals surface area contributed by atoms with Crippen LogP contribution in [-0.2, 0) is 13.1 Å². The van der Waals surface area contributed by atoms with Gasteiger partial charge in [-0.15, -0.1) is 0 Å². The first-order valence-electron chi connectivity index (χ1n) is 10.6. The summed E-state index contributed by atoms with van der Waals surface area (Å²) in [6, 6.07) is 10.5. The van der Waals surface area contributed by atoms with Gasteiger partial charge in [-0.2, -0.15) is 5.10 Å². The summed E-state index contributed by atoms with van der Waals surface area (Å²) in [7, 11) is 0. The van der Waals surface area contributed by atoms with Gasteiger partial charge in [-0.05, 0) is 43.7 Å². The van der Waals surface area contributed by atoms with E-state index in [2.05, 4.69) is 62.3 Å². The molecule has 2 N–H and O–H groups in total. The van der Waals surface area contributed by atoms with Gasteiger partial charge in [-0.3, -0.25) is 10.00 Å². The summed E-state index contributed by atoms with van der Waals surface area (Å²) in [4.78, 5) is 20.9. The van der Waals surface area contributed by atoms with Crippen molar-refractivity contribution in [3.63, 3.8) is 0 Å². The number of carbonyl (C=O) groups excluding carboxylic acids is 1. The molecule has 3 aromatic rings. The Labute approximate surface area is 181 Å². The van der Waals surface area contributed by atoms with Gasteiger partial charge in [0.1, 0.15) is 11.6 Å². The fourth-order valence-corrected chi connectivity index (χ4v) is 4.34. The van der Waals surface area contributed by atoms with Gasteiger partial charge >= 0.3 is 6.09 Å². The molecule has 2 aliphatic rings.